The van der Waals surface area contributed by atoms with E-state index >= 15 is 0 Å². The number of aliphatic hydroxyl groups is 1. The van der Waals surface area contributed by atoms with E-state index in [1.54, 1.807) is 42.6 Å². The molecule has 1 atom stereocenters. The number of nitrogens with two attached hydrogens (primary N) is 1. The van der Waals surface area contributed by atoms with Crippen LogP contribution in [0.15, 0.2) is 48.7 Å². The van der Waals surface area contributed by atoms with Gasteiger partial charge in [-0.05, 0) is 36.4 Å². The highest BCUT2D eigenvalue weighted by Gasteiger charge is 2.10. The number of carbonyl (C=O) groups excluding carboxylic acids is 2. The van der Waals surface area contributed by atoms with Crippen molar-refractivity contribution in [3.05, 3.63) is 70.4 Å². The first kappa shape index (κ1) is 22.9. The number of hydrogen-bond acceptors (Lipinski definition) is 6. The van der Waals surface area contributed by atoms with Crippen molar-refractivity contribution < 1.29 is 19.4 Å². The van der Waals surface area contributed by atoms with E-state index in [1.165, 1.54) is 7.11 Å². The van der Waals surface area contributed by atoms with Crippen molar-refractivity contribution >= 4 is 40.2 Å². The largest absolute Gasteiger partial charge is 0.453 e. The Labute approximate surface area is 189 Å². The molecule has 0 bridgehead atoms. The summed E-state index contributed by atoms with van der Waals surface area (Å²) >= 11 is 6.10. The molecule has 3 aromatic rings. The quantitative estimate of drug-likeness (QED) is 0.440. The number of rotatable bonds is 5. The van der Waals surface area contributed by atoms with Crippen LogP contribution in [-0.4, -0.2) is 48.4 Å². The van der Waals surface area contributed by atoms with Crippen LogP contribution in [0.1, 0.15) is 21.5 Å². The van der Waals surface area contributed by atoms with Crippen molar-refractivity contribution in [2.75, 3.05) is 25.9 Å². The smallest absolute Gasteiger partial charge is 0.406 e. The minimum absolute atomic E-state index is 0.0275. The van der Waals surface area contributed by atoms with Gasteiger partial charge in [0.1, 0.15) is 5.82 Å². The first-order valence-corrected chi connectivity index (χ1v) is 9.99. The number of aromatic nitrogens is 1. The molecule has 2 aromatic carbocycles. The highest BCUT2D eigenvalue weighted by molar-refractivity contribution is 6.31. The summed E-state index contributed by atoms with van der Waals surface area (Å²) < 4.78 is 4.41. The van der Waals surface area contributed by atoms with Gasteiger partial charge in [0, 0.05) is 46.2 Å². The second kappa shape index (κ2) is 10.5. The van der Waals surface area contributed by atoms with Gasteiger partial charge in [-0.3, -0.25) is 4.79 Å². The van der Waals surface area contributed by atoms with Crippen LogP contribution in [0.3, 0.4) is 0 Å². The molecule has 1 unspecified atom stereocenters. The molecule has 2 amide bonds. The standard InChI is InChI=1S/C23H21ClN4O4/c1-32-23(31)28-13-18(29)12-27-22(30)15-5-2-14(3-6-15)4-9-19-20-10-17(24)8-7-16(20)11-26-21(19)25/h2-3,5-8,10-11,18,29H,12-13H2,1H3,(H2,25,26)(H,27,30)(H,28,31). The predicted molar refractivity (Wildman–Crippen MR) is 122 cm³/mol. The minimum Gasteiger partial charge on any atom is -0.453 e. The normalized spacial score (nSPS) is 11.2. The van der Waals surface area contributed by atoms with Gasteiger partial charge in [0.2, 0.25) is 0 Å². The summed E-state index contributed by atoms with van der Waals surface area (Å²) in [6.45, 7) is -0.0703. The number of pyridine rings is 1. The van der Waals surface area contributed by atoms with E-state index in [-0.39, 0.29) is 19.0 Å². The summed E-state index contributed by atoms with van der Waals surface area (Å²) in [7, 11) is 1.22. The third-order valence-electron chi connectivity index (χ3n) is 4.53. The molecular weight excluding hydrogens is 432 g/mol. The Bertz CT molecular complexity index is 1200. The van der Waals surface area contributed by atoms with Crippen LogP contribution in [0.5, 0.6) is 0 Å². The summed E-state index contributed by atoms with van der Waals surface area (Å²) in [4.78, 5) is 27.4. The molecule has 0 spiro atoms. The number of ether oxygens (including phenoxy) is 1. The topological polar surface area (TPSA) is 127 Å². The molecule has 1 heterocycles. The Morgan fingerprint density at radius 3 is 2.59 bits per heavy atom. The van der Waals surface area contributed by atoms with Crippen LogP contribution in [0.2, 0.25) is 5.02 Å². The molecule has 9 heteroatoms. The number of halogens is 1. The Morgan fingerprint density at radius 2 is 1.88 bits per heavy atom. The van der Waals surface area contributed by atoms with Gasteiger partial charge in [-0.1, -0.05) is 29.5 Å². The number of alkyl carbamates (subject to hydrolysis) is 1. The maximum Gasteiger partial charge on any atom is 0.406 e. The number of nitrogens with one attached hydrogen (secondary N) is 2. The van der Waals surface area contributed by atoms with E-state index in [0.29, 0.717) is 27.5 Å². The van der Waals surface area contributed by atoms with Crippen molar-refractivity contribution in [3.8, 4) is 11.8 Å². The number of aliphatic hydroxyl groups excluding tert-OH is 1. The first-order valence-electron chi connectivity index (χ1n) is 9.61. The highest BCUT2D eigenvalue weighted by Crippen LogP contribution is 2.24. The van der Waals surface area contributed by atoms with Gasteiger partial charge in [-0.15, -0.1) is 0 Å². The van der Waals surface area contributed by atoms with Gasteiger partial charge in [0.05, 0.1) is 18.8 Å². The van der Waals surface area contributed by atoms with Crippen molar-refractivity contribution in [3.63, 3.8) is 0 Å². The van der Waals surface area contributed by atoms with Gasteiger partial charge in [-0.25, -0.2) is 9.78 Å². The average Bonchev–Trinajstić information content (AvgIpc) is 2.80. The van der Waals surface area contributed by atoms with Crippen molar-refractivity contribution in [1.82, 2.24) is 15.6 Å². The molecule has 5 N–H and O–H groups in total. The van der Waals surface area contributed by atoms with E-state index < -0.39 is 12.2 Å². The molecule has 0 saturated heterocycles. The Kier molecular flexibility index (Phi) is 7.49. The average molecular weight is 453 g/mol. The van der Waals surface area contributed by atoms with Crippen LogP contribution in [0, 0.1) is 11.8 Å². The summed E-state index contributed by atoms with van der Waals surface area (Å²) in [5.74, 6) is 6.01. The molecule has 0 radical (unpaired) electrons. The fourth-order valence-corrected chi connectivity index (χ4v) is 3.00. The molecule has 8 nitrogen and oxygen atoms in total. The number of benzene rings is 2. The van der Waals surface area contributed by atoms with E-state index in [1.807, 2.05) is 6.07 Å². The Hall–Kier alpha value is -3.80. The second-order valence-corrected chi connectivity index (χ2v) is 7.25. The van der Waals surface area contributed by atoms with E-state index in [9.17, 15) is 14.7 Å². The zero-order chi connectivity index (χ0) is 23.1. The monoisotopic (exact) mass is 452 g/mol. The number of amides is 2. The number of nitrogens with zero attached hydrogens (tertiary/aromatic N) is 1. The van der Waals surface area contributed by atoms with Gasteiger partial charge >= 0.3 is 6.09 Å². The fraction of sp³-hybridized carbons (Fsp3) is 0.174. The van der Waals surface area contributed by atoms with Crippen LogP contribution < -0.4 is 16.4 Å². The number of fused-ring (bicyclic) bond motifs is 1. The van der Waals surface area contributed by atoms with Gasteiger partial charge in [-0.2, -0.15) is 0 Å². The lowest BCUT2D eigenvalue weighted by Crippen LogP contribution is -2.39. The van der Waals surface area contributed by atoms with Crippen molar-refractivity contribution in [2.24, 2.45) is 0 Å². The zero-order valence-electron chi connectivity index (χ0n) is 17.2. The fourth-order valence-electron chi connectivity index (χ4n) is 2.83. The maximum absolute atomic E-state index is 12.2. The van der Waals surface area contributed by atoms with Crippen LogP contribution in [-0.2, 0) is 4.74 Å². The third kappa shape index (κ3) is 5.88. The molecule has 0 fully saturated rings. The van der Waals surface area contributed by atoms with Crippen molar-refractivity contribution in [1.29, 1.82) is 0 Å². The lowest BCUT2D eigenvalue weighted by molar-refractivity contribution is 0.0914. The summed E-state index contributed by atoms with van der Waals surface area (Å²) in [5.41, 5.74) is 7.68. The lowest BCUT2D eigenvalue weighted by Gasteiger charge is -2.12. The second-order valence-electron chi connectivity index (χ2n) is 6.81. The Balaban J connectivity index is 1.66. The van der Waals surface area contributed by atoms with Crippen LogP contribution >= 0.6 is 11.6 Å². The van der Waals surface area contributed by atoms with Crippen molar-refractivity contribution in [2.45, 2.75) is 6.10 Å². The lowest BCUT2D eigenvalue weighted by atomic mass is 10.1. The maximum atomic E-state index is 12.2. The molecule has 0 saturated carbocycles. The van der Waals surface area contributed by atoms with Crippen LogP contribution in [0.4, 0.5) is 10.6 Å². The number of anilines is 1. The summed E-state index contributed by atoms with van der Waals surface area (Å²) in [6.07, 6.45) is 0.0647. The minimum atomic E-state index is -0.948. The summed E-state index contributed by atoms with van der Waals surface area (Å²) in [6, 6.07) is 12.1. The molecule has 164 valence electrons. The SMILES string of the molecule is COC(=O)NCC(O)CNC(=O)c1ccc(C#Cc2c(N)ncc3ccc(Cl)cc23)cc1. The Morgan fingerprint density at radius 1 is 1.16 bits per heavy atom. The highest BCUT2D eigenvalue weighted by atomic mass is 35.5. The molecule has 1 aromatic heterocycles. The molecule has 0 aliphatic heterocycles. The predicted octanol–water partition coefficient (Wildman–Crippen LogP) is 2.32. The molecule has 32 heavy (non-hydrogen) atoms. The summed E-state index contributed by atoms with van der Waals surface area (Å²) in [5, 5.41) is 17.0. The van der Waals surface area contributed by atoms with E-state index in [4.69, 9.17) is 17.3 Å². The zero-order valence-corrected chi connectivity index (χ0v) is 17.9. The molecule has 0 aliphatic carbocycles. The van der Waals surface area contributed by atoms with E-state index in [2.05, 4.69) is 32.2 Å². The molecule has 0 aliphatic rings. The van der Waals surface area contributed by atoms with Gasteiger partial charge in [0.15, 0.2) is 0 Å². The van der Waals surface area contributed by atoms with E-state index in [0.717, 1.165) is 10.8 Å². The number of nitrogen functional groups attached to an aromatic ring is 1. The molecule has 3 rings (SSSR count). The number of carbonyl (C=O) groups is 2. The van der Waals surface area contributed by atoms with Crippen LogP contribution in [0.25, 0.3) is 10.8 Å². The van der Waals surface area contributed by atoms with Gasteiger partial charge in [0.25, 0.3) is 5.91 Å². The molecular formula is C23H21ClN4O4. The number of hydrogen-bond donors (Lipinski definition) is 4. The first-order chi connectivity index (χ1) is 15.4. The van der Waals surface area contributed by atoms with Gasteiger partial charge < -0.3 is 26.2 Å². The number of methoxy groups -OCH3 is 1. The third-order valence-corrected chi connectivity index (χ3v) is 4.76.